The van der Waals surface area contributed by atoms with Crippen LogP contribution in [0.2, 0.25) is 0 Å². The molecule has 1 aliphatic heterocycles. The van der Waals surface area contributed by atoms with Crippen LogP contribution in [0.15, 0.2) is 30.3 Å². The van der Waals surface area contributed by atoms with E-state index in [4.69, 9.17) is 9.47 Å². The predicted molar refractivity (Wildman–Crippen MR) is 219 cm³/mol. The summed E-state index contributed by atoms with van der Waals surface area (Å²) in [5.74, 6) is -3.21. The highest BCUT2D eigenvalue weighted by atomic mass is 16.5. The fraction of sp³-hybridized carbons (Fsp3) is 0.744. The van der Waals surface area contributed by atoms with Gasteiger partial charge in [0.2, 0.25) is 23.6 Å². The second-order valence-electron chi connectivity index (χ2n) is 16.7. The Balaban J connectivity index is 2.33. The zero-order valence-corrected chi connectivity index (χ0v) is 36.4. The Labute approximate surface area is 336 Å². The molecular formula is C43H73N5O8. The molecule has 2 rings (SSSR count). The van der Waals surface area contributed by atoms with E-state index in [1.165, 1.54) is 7.11 Å². The van der Waals surface area contributed by atoms with Crippen LogP contribution in [0.4, 0.5) is 0 Å². The summed E-state index contributed by atoms with van der Waals surface area (Å²) in [6.45, 7) is 18.1. The quantitative estimate of drug-likeness (QED) is 0.153. The monoisotopic (exact) mass is 788 g/mol. The maximum atomic E-state index is 14.4. The van der Waals surface area contributed by atoms with Crippen molar-refractivity contribution >= 4 is 29.6 Å². The molecule has 0 aromatic heterocycles. The average molecular weight is 788 g/mol. The summed E-state index contributed by atoms with van der Waals surface area (Å²) < 4.78 is 12.0. The van der Waals surface area contributed by atoms with Crippen molar-refractivity contribution in [1.29, 1.82) is 0 Å². The number of rotatable bonds is 22. The van der Waals surface area contributed by atoms with E-state index in [1.54, 1.807) is 30.9 Å². The largest absolute Gasteiger partial charge is 0.480 e. The summed E-state index contributed by atoms with van der Waals surface area (Å²) in [4.78, 5) is 73.7. The SMILES string of the molecule is CC[C@H](C)[C@@H]([C@@H](CC(=O)N1CCCC[C@H]1[C@H](OC)[C@@H](C)C(=O)N[C@@H](Cc1ccccc1)C(=O)O)OC)N(C)C(=O)[C@@H](NC(=O)[C@H](C(C)C)N(C)C(C)C)C(C)C. The van der Waals surface area contributed by atoms with E-state index in [0.29, 0.717) is 13.0 Å². The molecule has 0 saturated carbocycles. The predicted octanol–water partition coefficient (Wildman–Crippen LogP) is 4.61. The van der Waals surface area contributed by atoms with E-state index in [1.807, 2.05) is 97.7 Å². The molecule has 0 spiro atoms. The number of hydrogen-bond donors (Lipinski definition) is 3. The minimum Gasteiger partial charge on any atom is -0.480 e. The van der Waals surface area contributed by atoms with Crippen molar-refractivity contribution in [2.24, 2.45) is 23.7 Å². The maximum absolute atomic E-state index is 14.4. The van der Waals surface area contributed by atoms with Crippen LogP contribution in [0.1, 0.15) is 100.0 Å². The fourth-order valence-corrected chi connectivity index (χ4v) is 8.07. The first-order chi connectivity index (χ1) is 26.3. The first kappa shape index (κ1) is 48.6. The van der Waals surface area contributed by atoms with E-state index in [2.05, 4.69) is 10.6 Å². The summed E-state index contributed by atoms with van der Waals surface area (Å²) in [6.07, 6.45) is 1.70. The van der Waals surface area contributed by atoms with Crippen LogP contribution in [0.5, 0.6) is 0 Å². The molecule has 0 unspecified atom stereocenters. The summed E-state index contributed by atoms with van der Waals surface area (Å²) in [7, 11) is 6.71. The molecule has 3 N–H and O–H groups in total. The number of hydrogen-bond acceptors (Lipinski definition) is 8. The molecule has 1 heterocycles. The van der Waals surface area contributed by atoms with E-state index < -0.39 is 60.2 Å². The standard InChI is InChI=1S/C43H73N5O8/c1-14-29(8)38(47(11)42(52)36(26(2)3)45-41(51)37(27(4)5)46(10)28(6)7)34(55-12)25-35(49)48-23-19-18-22-33(48)39(56-13)30(9)40(50)44-32(43(53)54)24-31-20-16-15-17-21-31/h15-17,20-21,26-30,32-34,36-39H,14,18-19,22-25H2,1-13H3,(H,44,50)(H,45,51)(H,53,54)/t29-,30+,32-,33-,34+,36-,37-,38-,39+/m0/s1. The van der Waals surface area contributed by atoms with E-state index in [-0.39, 0.29) is 54.4 Å². The lowest BCUT2D eigenvalue weighted by molar-refractivity contribution is -0.151. The normalized spacial score (nSPS) is 19.2. The van der Waals surface area contributed by atoms with Crippen molar-refractivity contribution in [3.05, 3.63) is 35.9 Å². The van der Waals surface area contributed by atoms with Gasteiger partial charge in [-0.3, -0.25) is 24.1 Å². The van der Waals surface area contributed by atoms with Crippen LogP contribution in [0.25, 0.3) is 0 Å². The van der Waals surface area contributed by atoms with Gasteiger partial charge in [0.1, 0.15) is 12.1 Å². The number of carbonyl (C=O) groups excluding carboxylic acids is 4. The topological polar surface area (TPSA) is 158 Å². The molecule has 13 nitrogen and oxygen atoms in total. The molecular weight excluding hydrogens is 714 g/mol. The number of likely N-dealkylation sites (tertiary alicyclic amines) is 1. The number of methoxy groups -OCH3 is 2. The number of likely N-dealkylation sites (N-methyl/N-ethyl adjacent to an activating group) is 2. The number of aliphatic carboxylic acids is 1. The van der Waals surface area contributed by atoms with Gasteiger partial charge in [-0.25, -0.2) is 4.79 Å². The van der Waals surface area contributed by atoms with Crippen molar-refractivity contribution in [2.45, 2.75) is 149 Å². The van der Waals surface area contributed by atoms with Crippen LogP contribution in [0.3, 0.4) is 0 Å². The second-order valence-corrected chi connectivity index (χ2v) is 16.7. The first-order valence-corrected chi connectivity index (χ1v) is 20.5. The smallest absolute Gasteiger partial charge is 0.326 e. The lowest BCUT2D eigenvalue weighted by Crippen LogP contribution is -2.60. The highest BCUT2D eigenvalue weighted by molar-refractivity contribution is 5.90. The molecule has 56 heavy (non-hydrogen) atoms. The third kappa shape index (κ3) is 13.0. The van der Waals surface area contributed by atoms with Crippen LogP contribution >= 0.6 is 0 Å². The molecule has 318 valence electrons. The van der Waals surface area contributed by atoms with Gasteiger partial charge in [-0.05, 0) is 63.5 Å². The number of piperidine rings is 1. The molecule has 0 aliphatic carbocycles. The van der Waals surface area contributed by atoms with Gasteiger partial charge in [0.15, 0.2) is 0 Å². The average Bonchev–Trinajstić information content (AvgIpc) is 3.16. The number of carboxylic acid groups (broad SMARTS) is 1. The van der Waals surface area contributed by atoms with Gasteiger partial charge in [-0.15, -0.1) is 0 Å². The van der Waals surface area contributed by atoms with Crippen molar-refractivity contribution in [3.8, 4) is 0 Å². The van der Waals surface area contributed by atoms with Gasteiger partial charge in [0.05, 0.1) is 42.7 Å². The lowest BCUT2D eigenvalue weighted by atomic mass is 9.87. The maximum Gasteiger partial charge on any atom is 0.326 e. The number of nitrogens with one attached hydrogen (secondary N) is 2. The van der Waals surface area contributed by atoms with Crippen molar-refractivity contribution in [2.75, 3.05) is 34.9 Å². The minimum absolute atomic E-state index is 0.0118. The molecule has 1 aliphatic rings. The van der Waals surface area contributed by atoms with Gasteiger partial charge in [0, 0.05) is 40.3 Å². The molecule has 1 aromatic rings. The Morgan fingerprint density at radius 1 is 0.875 bits per heavy atom. The Morgan fingerprint density at radius 3 is 2.00 bits per heavy atom. The molecule has 0 bridgehead atoms. The number of carboxylic acids is 1. The van der Waals surface area contributed by atoms with Gasteiger partial charge in [-0.1, -0.05) is 85.2 Å². The van der Waals surface area contributed by atoms with E-state index in [9.17, 15) is 29.1 Å². The zero-order chi connectivity index (χ0) is 42.4. The number of amides is 4. The minimum atomic E-state index is -1.14. The highest BCUT2D eigenvalue weighted by Gasteiger charge is 2.43. The Bertz CT molecular complexity index is 1410. The summed E-state index contributed by atoms with van der Waals surface area (Å²) in [6, 6.07) is 6.00. The molecule has 1 aromatic carbocycles. The summed E-state index contributed by atoms with van der Waals surface area (Å²) in [5, 5.41) is 15.7. The van der Waals surface area contributed by atoms with Gasteiger partial charge < -0.3 is 35.0 Å². The third-order valence-corrected chi connectivity index (χ3v) is 11.8. The fourth-order valence-electron chi connectivity index (χ4n) is 8.07. The van der Waals surface area contributed by atoms with Gasteiger partial charge >= 0.3 is 5.97 Å². The number of nitrogens with zero attached hydrogens (tertiary/aromatic N) is 3. The highest BCUT2D eigenvalue weighted by Crippen LogP contribution is 2.29. The lowest BCUT2D eigenvalue weighted by Gasteiger charge is -2.43. The Hall–Kier alpha value is -3.55. The molecule has 4 amide bonds. The van der Waals surface area contributed by atoms with Crippen LogP contribution in [0, 0.1) is 23.7 Å². The molecule has 0 radical (unpaired) electrons. The van der Waals surface area contributed by atoms with E-state index >= 15 is 0 Å². The molecule has 9 atom stereocenters. The Morgan fingerprint density at radius 2 is 1.50 bits per heavy atom. The van der Waals surface area contributed by atoms with Crippen molar-refractivity contribution < 1.29 is 38.6 Å². The zero-order valence-electron chi connectivity index (χ0n) is 36.4. The summed E-state index contributed by atoms with van der Waals surface area (Å²) in [5.41, 5.74) is 0.787. The molecule has 13 heteroatoms. The van der Waals surface area contributed by atoms with Crippen LogP contribution in [-0.2, 0) is 39.9 Å². The van der Waals surface area contributed by atoms with Gasteiger partial charge in [-0.2, -0.15) is 0 Å². The number of carbonyl (C=O) groups is 5. The summed E-state index contributed by atoms with van der Waals surface area (Å²) >= 11 is 0. The van der Waals surface area contributed by atoms with Gasteiger partial charge in [0.25, 0.3) is 0 Å². The van der Waals surface area contributed by atoms with Crippen molar-refractivity contribution in [3.63, 3.8) is 0 Å². The van der Waals surface area contributed by atoms with E-state index in [0.717, 1.165) is 24.8 Å². The van der Waals surface area contributed by atoms with Crippen molar-refractivity contribution in [1.82, 2.24) is 25.3 Å². The third-order valence-electron chi connectivity index (χ3n) is 11.8. The molecule has 1 saturated heterocycles. The second kappa shape index (κ2) is 23.0. The number of ether oxygens (including phenoxy) is 2. The van der Waals surface area contributed by atoms with Crippen LogP contribution in [-0.4, -0.2) is 133 Å². The Kier molecular flexibility index (Phi) is 20.0. The van der Waals surface area contributed by atoms with Crippen LogP contribution < -0.4 is 10.6 Å². The first-order valence-electron chi connectivity index (χ1n) is 20.5. The number of benzene rings is 1. The molecule has 1 fully saturated rings.